The number of ether oxygens (including phenoxy) is 1. The second kappa shape index (κ2) is 5.28. The van der Waals surface area contributed by atoms with E-state index < -0.39 is 23.9 Å². The Morgan fingerprint density at radius 3 is 2.46 bits per heavy atom. The minimum atomic E-state index is -4.83. The summed E-state index contributed by atoms with van der Waals surface area (Å²) in [6, 6.07) is 4.47. The second-order valence-electron chi connectivity index (χ2n) is 5.58. The van der Waals surface area contributed by atoms with Gasteiger partial charge in [0.15, 0.2) is 5.65 Å². The fourth-order valence-corrected chi connectivity index (χ4v) is 2.87. The highest BCUT2D eigenvalue weighted by atomic mass is 19.4. The number of aromatic nitrogens is 3. The number of hydrogen-bond donors (Lipinski definition) is 1. The lowest BCUT2D eigenvalue weighted by Gasteiger charge is -2.15. The molecule has 1 aliphatic rings. The first-order valence-electron chi connectivity index (χ1n) is 7.34. The Labute approximate surface area is 143 Å². The highest BCUT2D eigenvalue weighted by Gasteiger charge is 2.39. The maximum Gasteiger partial charge on any atom is 0.573 e. The normalized spacial score (nSPS) is 14.2. The third-order valence-electron chi connectivity index (χ3n) is 3.94. The molecule has 3 aromatic rings. The molecule has 0 aliphatic carbocycles. The van der Waals surface area contributed by atoms with E-state index in [9.17, 15) is 22.8 Å². The molecule has 10 heteroatoms. The molecule has 0 bridgehead atoms. The molecule has 0 atom stereocenters. The van der Waals surface area contributed by atoms with Gasteiger partial charge in [0.2, 0.25) is 0 Å². The summed E-state index contributed by atoms with van der Waals surface area (Å²) in [7, 11) is 0. The van der Waals surface area contributed by atoms with Crippen molar-refractivity contribution in [1.29, 1.82) is 0 Å². The van der Waals surface area contributed by atoms with Crippen molar-refractivity contribution in [1.82, 2.24) is 15.2 Å². The SMILES string of the molecule is Cc1[nH]nc2ncc3c(c12)C(=O)N(c1ccc(OC(F)(F)F)cc1)C3=O. The number of aryl methyl sites for hydroxylation is 1. The molecular weight excluding hydrogens is 353 g/mol. The lowest BCUT2D eigenvalue weighted by molar-refractivity contribution is -0.274. The van der Waals surface area contributed by atoms with Crippen molar-refractivity contribution in [3.05, 3.63) is 47.3 Å². The number of imide groups is 1. The highest BCUT2D eigenvalue weighted by molar-refractivity contribution is 6.37. The molecular formula is C16H9F3N4O3. The van der Waals surface area contributed by atoms with Crippen LogP contribution in [-0.2, 0) is 0 Å². The monoisotopic (exact) mass is 362 g/mol. The zero-order valence-corrected chi connectivity index (χ0v) is 13.1. The van der Waals surface area contributed by atoms with Gasteiger partial charge in [0.05, 0.1) is 22.2 Å². The van der Waals surface area contributed by atoms with E-state index in [-0.39, 0.29) is 16.8 Å². The van der Waals surface area contributed by atoms with Crippen molar-refractivity contribution in [2.75, 3.05) is 4.90 Å². The average molecular weight is 362 g/mol. The van der Waals surface area contributed by atoms with Crippen molar-refractivity contribution in [2.24, 2.45) is 0 Å². The van der Waals surface area contributed by atoms with Gasteiger partial charge in [-0.15, -0.1) is 13.2 Å². The van der Waals surface area contributed by atoms with Crippen LogP contribution in [0.2, 0.25) is 0 Å². The fourth-order valence-electron chi connectivity index (χ4n) is 2.87. The van der Waals surface area contributed by atoms with Gasteiger partial charge >= 0.3 is 6.36 Å². The number of rotatable bonds is 2. The quantitative estimate of drug-likeness (QED) is 0.708. The Hall–Kier alpha value is -3.43. The summed E-state index contributed by atoms with van der Waals surface area (Å²) in [5, 5.41) is 7.11. The third-order valence-corrected chi connectivity index (χ3v) is 3.94. The molecule has 1 N–H and O–H groups in total. The van der Waals surface area contributed by atoms with Crippen molar-refractivity contribution >= 4 is 28.5 Å². The lowest BCUT2D eigenvalue weighted by Crippen LogP contribution is -2.29. The maximum atomic E-state index is 12.8. The van der Waals surface area contributed by atoms with Gasteiger partial charge < -0.3 is 4.74 Å². The fraction of sp³-hybridized carbons (Fsp3) is 0.125. The van der Waals surface area contributed by atoms with Crippen molar-refractivity contribution in [2.45, 2.75) is 13.3 Å². The maximum absolute atomic E-state index is 12.8. The molecule has 0 saturated heterocycles. The molecule has 0 radical (unpaired) electrons. The number of halogens is 3. The van der Waals surface area contributed by atoms with Gasteiger partial charge in [-0.05, 0) is 31.2 Å². The average Bonchev–Trinajstić information content (AvgIpc) is 3.06. The summed E-state index contributed by atoms with van der Waals surface area (Å²) in [5.74, 6) is -1.65. The van der Waals surface area contributed by atoms with Gasteiger partial charge in [-0.3, -0.25) is 14.7 Å². The van der Waals surface area contributed by atoms with Crippen LogP contribution in [0.25, 0.3) is 11.0 Å². The predicted octanol–water partition coefficient (Wildman–Crippen LogP) is 2.97. The van der Waals surface area contributed by atoms with E-state index in [4.69, 9.17) is 0 Å². The number of amides is 2. The van der Waals surface area contributed by atoms with Gasteiger partial charge in [-0.2, -0.15) is 5.10 Å². The summed E-state index contributed by atoms with van der Waals surface area (Å²) in [6.45, 7) is 1.70. The Morgan fingerprint density at radius 1 is 1.12 bits per heavy atom. The molecule has 4 rings (SSSR count). The second-order valence-corrected chi connectivity index (χ2v) is 5.58. The van der Waals surface area contributed by atoms with Crippen LogP contribution in [-0.4, -0.2) is 33.4 Å². The van der Waals surface area contributed by atoms with Gasteiger partial charge in [0.1, 0.15) is 5.75 Å². The van der Waals surface area contributed by atoms with Crippen LogP contribution in [0.4, 0.5) is 18.9 Å². The Bertz CT molecular complexity index is 1060. The third kappa shape index (κ3) is 2.38. The zero-order valence-electron chi connectivity index (χ0n) is 13.1. The summed E-state index contributed by atoms with van der Waals surface area (Å²) in [4.78, 5) is 30.4. The molecule has 132 valence electrons. The van der Waals surface area contributed by atoms with Crippen molar-refractivity contribution in [3.8, 4) is 5.75 Å². The highest BCUT2D eigenvalue weighted by Crippen LogP contribution is 2.34. The number of pyridine rings is 1. The standard InChI is InChI=1S/C16H9F3N4O3/c1-7-11-12-10(6-20-13(11)22-21-7)14(24)23(15(12)25)8-2-4-9(5-3-8)26-16(17,18)19/h2-6H,1H3,(H,20,21,22). The molecule has 1 aromatic carbocycles. The molecule has 2 amide bonds. The topological polar surface area (TPSA) is 88.2 Å². The number of nitrogens with one attached hydrogen (secondary N) is 1. The van der Waals surface area contributed by atoms with Gasteiger partial charge in [-0.1, -0.05) is 0 Å². The number of aromatic amines is 1. The summed E-state index contributed by atoms with van der Waals surface area (Å²) < 4.78 is 40.5. The predicted molar refractivity (Wildman–Crippen MR) is 82.9 cm³/mol. The van der Waals surface area contributed by atoms with Crippen LogP contribution in [0, 0.1) is 6.92 Å². The number of nitrogens with zero attached hydrogens (tertiary/aromatic N) is 3. The minimum Gasteiger partial charge on any atom is -0.406 e. The van der Waals surface area contributed by atoms with E-state index in [1.807, 2.05) is 0 Å². The number of H-pyrrole nitrogens is 1. The van der Waals surface area contributed by atoms with E-state index in [0.29, 0.717) is 16.7 Å². The van der Waals surface area contributed by atoms with E-state index in [1.165, 1.54) is 18.3 Å². The van der Waals surface area contributed by atoms with Crippen molar-refractivity contribution in [3.63, 3.8) is 0 Å². The number of carbonyl (C=O) groups is 2. The first-order chi connectivity index (χ1) is 12.3. The van der Waals surface area contributed by atoms with Gasteiger partial charge in [-0.25, -0.2) is 9.88 Å². The van der Waals surface area contributed by atoms with E-state index in [2.05, 4.69) is 19.9 Å². The van der Waals surface area contributed by atoms with Gasteiger partial charge in [0.25, 0.3) is 11.8 Å². The van der Waals surface area contributed by atoms with Gasteiger partial charge in [0, 0.05) is 11.9 Å². The number of alkyl halides is 3. The number of hydrogen-bond acceptors (Lipinski definition) is 5. The van der Waals surface area contributed by atoms with Crippen LogP contribution >= 0.6 is 0 Å². The molecule has 1 aliphatic heterocycles. The molecule has 0 saturated carbocycles. The number of anilines is 1. The Balaban J connectivity index is 1.75. The van der Waals surface area contributed by atoms with E-state index in [0.717, 1.165) is 17.0 Å². The molecule has 0 unspecified atom stereocenters. The van der Waals surface area contributed by atoms with Crippen molar-refractivity contribution < 1.29 is 27.5 Å². The number of fused-ring (bicyclic) bond motifs is 3. The molecule has 3 heterocycles. The Kier molecular flexibility index (Phi) is 3.26. The summed E-state index contributed by atoms with van der Waals surface area (Å²) >= 11 is 0. The van der Waals surface area contributed by atoms with Crippen LogP contribution in [0.15, 0.2) is 30.5 Å². The minimum absolute atomic E-state index is 0.114. The number of carbonyl (C=O) groups excluding carboxylic acids is 2. The molecule has 2 aromatic heterocycles. The van der Waals surface area contributed by atoms with Crippen LogP contribution in [0.1, 0.15) is 26.4 Å². The van der Waals surface area contributed by atoms with Crippen LogP contribution in [0.5, 0.6) is 5.75 Å². The molecule has 0 spiro atoms. The zero-order chi connectivity index (χ0) is 18.6. The first kappa shape index (κ1) is 16.1. The first-order valence-corrected chi connectivity index (χ1v) is 7.34. The van der Waals surface area contributed by atoms with Crippen LogP contribution in [0.3, 0.4) is 0 Å². The molecule has 0 fully saturated rings. The molecule has 26 heavy (non-hydrogen) atoms. The summed E-state index contributed by atoms with van der Waals surface area (Å²) in [6.07, 6.45) is -3.56. The van der Waals surface area contributed by atoms with Crippen LogP contribution < -0.4 is 9.64 Å². The Morgan fingerprint density at radius 2 is 1.81 bits per heavy atom. The number of benzene rings is 1. The van der Waals surface area contributed by atoms with E-state index in [1.54, 1.807) is 6.92 Å². The smallest absolute Gasteiger partial charge is 0.406 e. The summed E-state index contributed by atoms with van der Waals surface area (Å²) in [5.41, 5.74) is 1.30. The molecule has 7 nitrogen and oxygen atoms in total. The van der Waals surface area contributed by atoms with E-state index >= 15 is 0 Å². The lowest BCUT2D eigenvalue weighted by atomic mass is 10.1. The largest absolute Gasteiger partial charge is 0.573 e.